The van der Waals surface area contributed by atoms with E-state index in [1.807, 2.05) is 0 Å². The quantitative estimate of drug-likeness (QED) is 0.0710. The molecular formula is C47H69N3O11. The maximum atomic E-state index is 15.3. The van der Waals surface area contributed by atoms with E-state index in [1.165, 1.54) is 6.92 Å². The van der Waals surface area contributed by atoms with Gasteiger partial charge in [0.25, 0.3) is 0 Å². The van der Waals surface area contributed by atoms with E-state index < -0.39 is 81.6 Å². The summed E-state index contributed by atoms with van der Waals surface area (Å²) in [6.07, 6.45) is 3.18. The predicted molar refractivity (Wildman–Crippen MR) is 220 cm³/mol. The van der Waals surface area contributed by atoms with Crippen molar-refractivity contribution in [2.45, 2.75) is 164 Å². The number of carbonyl (C=O) groups is 2. The van der Waals surface area contributed by atoms with E-state index in [0.717, 1.165) is 31.3 Å². The average Bonchev–Trinajstić information content (AvgIpc) is 3.82. The van der Waals surface area contributed by atoms with E-state index in [1.54, 1.807) is 18.9 Å². The third kappa shape index (κ3) is 5.81. The molecule has 2 spiro atoms. The lowest BCUT2D eigenvalue weighted by Crippen LogP contribution is -2.74. The molecule has 0 radical (unpaired) electrons. The second kappa shape index (κ2) is 14.8. The van der Waals surface area contributed by atoms with Crippen molar-refractivity contribution in [3.8, 4) is 11.8 Å². The van der Waals surface area contributed by atoms with Crippen molar-refractivity contribution in [2.24, 2.45) is 51.8 Å². The SMILES string of the molecule is COCCCO[C@H]1CC[C@@]2(C)[C@@H](C1)C(=O)C1=C3[C@]4(O)[C@@H](CC1)C[C@H]1[C@]45CCC[C@@H](C5)[C@@]32C#CC[C@H]2CN2C(=O)[C@@H]2C[C@@H]3[C@@H](CNC[C@H](C)O)[C@H](O[C@H]3[C@H](O)N2)C(O)(O)[C@@]1(C)O. The maximum Gasteiger partial charge on any atom is 0.240 e. The Labute approximate surface area is 359 Å². The monoisotopic (exact) mass is 851 g/mol. The van der Waals surface area contributed by atoms with Gasteiger partial charge in [-0.1, -0.05) is 19.3 Å². The van der Waals surface area contributed by atoms with Crippen LogP contribution < -0.4 is 10.6 Å². The molecule has 18 atom stereocenters. The van der Waals surface area contributed by atoms with Crippen LogP contribution >= 0.6 is 0 Å². The van der Waals surface area contributed by atoms with Gasteiger partial charge in [-0.2, -0.15) is 0 Å². The number of ether oxygens (including phenoxy) is 3. The van der Waals surface area contributed by atoms with Crippen LogP contribution in [0.25, 0.3) is 0 Å². The second-order valence-electron chi connectivity index (χ2n) is 21.6. The zero-order chi connectivity index (χ0) is 43.1. The van der Waals surface area contributed by atoms with Crippen LogP contribution in [0.4, 0.5) is 0 Å². The molecule has 0 aromatic rings. The Balaban J connectivity index is 1.13. The fourth-order valence-electron chi connectivity index (χ4n) is 16.0. The van der Waals surface area contributed by atoms with E-state index in [0.29, 0.717) is 76.7 Å². The number of ketones is 1. The highest BCUT2D eigenvalue weighted by Gasteiger charge is 2.82. The van der Waals surface area contributed by atoms with E-state index in [2.05, 4.69) is 29.4 Å². The molecule has 8 N–H and O–H groups in total. The number of nitrogens with one attached hydrogen (secondary N) is 2. The number of allylic oxidation sites excluding steroid dienone is 1. The Hall–Kier alpha value is -2.00. The van der Waals surface area contributed by atoms with Crippen LogP contribution in [0.2, 0.25) is 0 Å². The molecule has 8 bridgehead atoms. The summed E-state index contributed by atoms with van der Waals surface area (Å²) in [6.45, 7) is 7.46. The van der Waals surface area contributed by atoms with Crippen molar-refractivity contribution >= 4 is 11.7 Å². The number of fused-ring (bicyclic) bond motifs is 3. The summed E-state index contributed by atoms with van der Waals surface area (Å²) in [5, 5.41) is 81.0. The van der Waals surface area contributed by atoms with Gasteiger partial charge in [-0.05, 0) is 119 Å². The molecule has 61 heavy (non-hydrogen) atoms. The van der Waals surface area contributed by atoms with Crippen molar-refractivity contribution in [1.82, 2.24) is 15.5 Å². The van der Waals surface area contributed by atoms with Gasteiger partial charge in [0.2, 0.25) is 11.7 Å². The lowest BCUT2D eigenvalue weighted by Gasteiger charge is -2.71. The summed E-state index contributed by atoms with van der Waals surface area (Å²) in [5.74, 6) is 1.89. The fraction of sp³-hybridized carbons (Fsp3) is 0.872. The fourth-order valence-corrected chi connectivity index (χ4v) is 16.0. The molecule has 1 amide bonds. The Bertz CT molecular complexity index is 1890. The molecule has 5 heterocycles. The molecule has 14 heteroatoms. The highest BCUT2D eigenvalue weighted by Crippen LogP contribution is 2.81. The Morgan fingerprint density at radius 3 is 2.62 bits per heavy atom. The van der Waals surface area contributed by atoms with Gasteiger partial charge in [0.05, 0.1) is 35.3 Å². The number of carbonyl (C=O) groups excluding carboxylic acids is 2. The number of rotatable bonds is 9. The van der Waals surface area contributed by atoms with Crippen LogP contribution in [0, 0.1) is 63.6 Å². The largest absolute Gasteiger partial charge is 0.392 e. The average molecular weight is 852 g/mol. The molecular weight excluding hydrogens is 783 g/mol. The zero-order valence-electron chi connectivity index (χ0n) is 36.4. The summed E-state index contributed by atoms with van der Waals surface area (Å²) >= 11 is 0. The third-order valence-electron chi connectivity index (χ3n) is 18.8. The molecule has 5 aliphatic heterocycles. The predicted octanol–water partition coefficient (Wildman–Crippen LogP) is 1.13. The number of amides is 1. The standard InChI is InChI=1S/C47H69N3O11/c1-25(51)22-48-23-32-31-20-34-41(54)50-24-28(50)9-6-14-45-27-8-5-13-44(21-27)35(43(3,55)47(57,58)39(32)61-37(31)40(53)49-34)18-26-10-11-30(38(45)46(26,44)56)36(52)33-19-29(12-15-42(33,45)2)60-17-7-16-59-4/h25-29,31-35,37,39-40,48-49,51,53,55-58H,5,7-13,15-24H2,1-4H3/t25-,26-,27-,28-,29-,31+,32+,33-,34-,35+,37+,39-,40-,42-,43-,44+,45-,46+,50?/m0/s1. The first-order valence-electron chi connectivity index (χ1n) is 23.5. The number of methoxy groups -OCH3 is 1. The zero-order valence-corrected chi connectivity index (χ0v) is 36.4. The Kier molecular flexibility index (Phi) is 10.4. The van der Waals surface area contributed by atoms with Crippen molar-refractivity contribution in [3.63, 3.8) is 0 Å². The normalized spacial score (nSPS) is 50.7. The van der Waals surface area contributed by atoms with Gasteiger partial charge >= 0.3 is 0 Å². The molecule has 3 saturated heterocycles. The number of piperidine rings is 1. The smallest absolute Gasteiger partial charge is 0.240 e. The molecule has 14 nitrogen and oxygen atoms in total. The number of Topliss-reactive ketones (excluding diaryl/α,β-unsaturated/α-hetero) is 1. The number of aliphatic hydroxyl groups is 6. The first kappa shape index (κ1) is 42.9. The van der Waals surface area contributed by atoms with E-state index in [9.17, 15) is 35.4 Å². The van der Waals surface area contributed by atoms with Gasteiger partial charge in [-0.25, -0.2) is 0 Å². The minimum absolute atomic E-state index is 0.0729. The molecule has 0 aromatic carbocycles. The van der Waals surface area contributed by atoms with E-state index >= 15 is 4.79 Å². The van der Waals surface area contributed by atoms with Crippen LogP contribution in [0.1, 0.15) is 104 Å². The van der Waals surface area contributed by atoms with Gasteiger partial charge in [0, 0.05) is 69.5 Å². The number of hydrogen-bond acceptors (Lipinski definition) is 13. The molecule has 338 valence electrons. The summed E-state index contributed by atoms with van der Waals surface area (Å²) in [6, 6.07) is -0.867. The highest BCUT2D eigenvalue weighted by atomic mass is 16.6. The van der Waals surface area contributed by atoms with Gasteiger partial charge in [0.1, 0.15) is 24.0 Å². The van der Waals surface area contributed by atoms with Crippen molar-refractivity contribution in [3.05, 3.63) is 11.1 Å². The Morgan fingerprint density at radius 1 is 1.05 bits per heavy atom. The molecule has 11 rings (SSSR count). The van der Waals surface area contributed by atoms with E-state index in [4.69, 9.17) is 14.2 Å². The van der Waals surface area contributed by atoms with E-state index in [-0.39, 0.29) is 61.1 Å². The summed E-state index contributed by atoms with van der Waals surface area (Å²) in [7, 11) is 1.68. The number of hydrogen-bond donors (Lipinski definition) is 8. The van der Waals surface area contributed by atoms with Crippen LogP contribution in [-0.2, 0) is 23.8 Å². The number of nitrogens with zero attached hydrogens (tertiary/aromatic N) is 1. The van der Waals surface area contributed by atoms with Crippen LogP contribution in [0.15, 0.2) is 11.1 Å². The van der Waals surface area contributed by atoms with Gasteiger partial charge in [-0.15, -0.1) is 5.92 Å². The molecule has 6 aliphatic carbocycles. The molecule has 11 aliphatic rings. The molecule has 0 unspecified atom stereocenters. The lowest BCUT2D eigenvalue weighted by atomic mass is 9.32. The van der Waals surface area contributed by atoms with Gasteiger partial charge in [-0.3, -0.25) is 14.9 Å². The minimum Gasteiger partial charge on any atom is -0.392 e. The van der Waals surface area contributed by atoms with Crippen molar-refractivity contribution in [2.75, 3.05) is 40.0 Å². The van der Waals surface area contributed by atoms with Crippen LogP contribution in [0.3, 0.4) is 0 Å². The minimum atomic E-state index is -2.87. The summed E-state index contributed by atoms with van der Waals surface area (Å²) in [4.78, 5) is 31.3. The van der Waals surface area contributed by atoms with Crippen LogP contribution in [-0.4, -0.2) is 147 Å². The number of aliphatic hydroxyl groups excluding tert-OH is 2. The third-order valence-corrected chi connectivity index (χ3v) is 18.8. The highest BCUT2D eigenvalue weighted by molar-refractivity contribution is 6.01. The first-order valence-corrected chi connectivity index (χ1v) is 23.5. The van der Waals surface area contributed by atoms with Crippen molar-refractivity contribution < 1.29 is 54.4 Å². The van der Waals surface area contributed by atoms with Crippen LogP contribution in [0.5, 0.6) is 0 Å². The topological polar surface area (TPSA) is 210 Å². The van der Waals surface area contributed by atoms with Gasteiger partial charge in [0.15, 0.2) is 5.78 Å². The summed E-state index contributed by atoms with van der Waals surface area (Å²) < 4.78 is 18.2. The van der Waals surface area contributed by atoms with Crippen molar-refractivity contribution in [1.29, 1.82) is 0 Å². The molecule has 0 aromatic heterocycles. The second-order valence-corrected chi connectivity index (χ2v) is 21.6. The van der Waals surface area contributed by atoms with Gasteiger partial charge < -0.3 is 55.1 Å². The first-order chi connectivity index (χ1) is 29.0. The lowest BCUT2D eigenvalue weighted by molar-refractivity contribution is -0.347. The maximum absolute atomic E-state index is 15.3. The molecule has 7 fully saturated rings. The Morgan fingerprint density at radius 2 is 1.85 bits per heavy atom. The molecule has 4 saturated carbocycles. The summed E-state index contributed by atoms with van der Waals surface area (Å²) in [5.41, 5.74) is -4.77.